The summed E-state index contributed by atoms with van der Waals surface area (Å²) in [5.74, 6) is -0.703. The average molecular weight is 334 g/mol. The molecule has 0 aliphatic carbocycles. The van der Waals surface area contributed by atoms with Crippen LogP contribution in [0.1, 0.15) is 15.9 Å². The molecule has 7 nitrogen and oxygen atoms in total. The van der Waals surface area contributed by atoms with Gasteiger partial charge in [0.25, 0.3) is 5.56 Å². The first-order valence-electron chi connectivity index (χ1n) is 6.81. The molecule has 2 aromatic rings. The number of benzene rings is 1. The van der Waals surface area contributed by atoms with Crippen LogP contribution in [0.3, 0.4) is 0 Å². The van der Waals surface area contributed by atoms with Gasteiger partial charge < -0.3 is 14.6 Å². The molecule has 1 aliphatic rings. The standard InChI is InChI=1S/C15H14N2O5S/c1-21-9-4-3-8(11(14(19)20)12(9)22-2)7-10-13(18)17-6-5-16-15(17)23-10/h3-4,7H,5-6H2,1-2H3,(H,19,20). The summed E-state index contributed by atoms with van der Waals surface area (Å²) >= 11 is 1.25. The fraction of sp³-hybridized carbons (Fsp3) is 0.267. The zero-order valence-electron chi connectivity index (χ0n) is 12.5. The van der Waals surface area contributed by atoms with E-state index in [-0.39, 0.29) is 16.9 Å². The second kappa shape index (κ2) is 5.88. The van der Waals surface area contributed by atoms with E-state index >= 15 is 0 Å². The molecule has 0 fully saturated rings. The monoisotopic (exact) mass is 334 g/mol. The number of carbonyl (C=O) groups is 1. The largest absolute Gasteiger partial charge is 0.493 e. The Morgan fingerprint density at radius 3 is 2.78 bits per heavy atom. The third-order valence-electron chi connectivity index (χ3n) is 3.54. The molecule has 3 rings (SSSR count). The molecule has 120 valence electrons. The lowest BCUT2D eigenvalue weighted by molar-refractivity contribution is 0.0692. The quantitative estimate of drug-likeness (QED) is 0.856. The van der Waals surface area contributed by atoms with Crippen LogP contribution < -0.4 is 24.4 Å². The summed E-state index contributed by atoms with van der Waals surface area (Å²) in [5.41, 5.74) is 0.187. The smallest absolute Gasteiger partial charge is 0.340 e. The minimum Gasteiger partial charge on any atom is -0.493 e. The van der Waals surface area contributed by atoms with Crippen molar-refractivity contribution in [3.8, 4) is 11.5 Å². The van der Waals surface area contributed by atoms with Gasteiger partial charge in [-0.2, -0.15) is 0 Å². The highest BCUT2D eigenvalue weighted by Crippen LogP contribution is 2.33. The fourth-order valence-corrected chi connectivity index (χ4v) is 3.51. The maximum atomic E-state index is 12.3. The first-order valence-corrected chi connectivity index (χ1v) is 7.62. The molecule has 2 heterocycles. The minimum absolute atomic E-state index is 0.0400. The lowest BCUT2D eigenvalue weighted by Gasteiger charge is -2.12. The number of thiazole rings is 1. The molecule has 0 unspecified atom stereocenters. The highest BCUT2D eigenvalue weighted by molar-refractivity contribution is 7.07. The Balaban J connectivity index is 2.27. The van der Waals surface area contributed by atoms with Gasteiger partial charge in [0.1, 0.15) is 5.56 Å². The molecule has 0 radical (unpaired) electrons. The van der Waals surface area contributed by atoms with Crippen molar-refractivity contribution in [3.05, 3.63) is 42.9 Å². The number of carboxylic acids is 1. The zero-order chi connectivity index (χ0) is 16.6. The van der Waals surface area contributed by atoms with E-state index in [1.165, 1.54) is 25.6 Å². The maximum absolute atomic E-state index is 12.3. The van der Waals surface area contributed by atoms with E-state index in [0.717, 1.165) is 0 Å². The Morgan fingerprint density at radius 2 is 2.17 bits per heavy atom. The predicted molar refractivity (Wildman–Crippen MR) is 84.3 cm³/mol. The zero-order valence-corrected chi connectivity index (χ0v) is 13.3. The summed E-state index contributed by atoms with van der Waals surface area (Å²) in [4.78, 5) is 28.8. The van der Waals surface area contributed by atoms with E-state index in [1.54, 1.807) is 22.8 Å². The van der Waals surface area contributed by atoms with Gasteiger partial charge >= 0.3 is 5.97 Å². The molecular weight excluding hydrogens is 320 g/mol. The second-order valence-corrected chi connectivity index (χ2v) is 5.81. The summed E-state index contributed by atoms with van der Waals surface area (Å²) in [6.45, 7) is 1.17. The van der Waals surface area contributed by atoms with E-state index in [1.807, 2.05) is 0 Å². The minimum atomic E-state index is -1.15. The van der Waals surface area contributed by atoms with Crippen molar-refractivity contribution in [1.82, 2.24) is 4.57 Å². The van der Waals surface area contributed by atoms with Crippen LogP contribution in [-0.4, -0.2) is 36.4 Å². The van der Waals surface area contributed by atoms with Crippen molar-refractivity contribution in [2.45, 2.75) is 6.54 Å². The van der Waals surface area contributed by atoms with Crippen molar-refractivity contribution in [2.24, 2.45) is 4.99 Å². The number of aromatic nitrogens is 1. The van der Waals surface area contributed by atoms with E-state index in [2.05, 4.69) is 4.99 Å². The van der Waals surface area contributed by atoms with Crippen LogP contribution in [0.5, 0.6) is 11.5 Å². The van der Waals surface area contributed by atoms with Gasteiger partial charge in [-0.3, -0.25) is 14.4 Å². The molecule has 0 bridgehead atoms. The molecule has 0 atom stereocenters. The van der Waals surface area contributed by atoms with Gasteiger partial charge in [0, 0.05) is 6.54 Å². The third kappa shape index (κ3) is 2.50. The predicted octanol–water partition coefficient (Wildman–Crippen LogP) is 0.0872. The Bertz CT molecular complexity index is 957. The highest BCUT2D eigenvalue weighted by Gasteiger charge is 2.20. The molecular formula is C15H14N2O5S. The number of methoxy groups -OCH3 is 2. The molecule has 1 aromatic heterocycles. The van der Waals surface area contributed by atoms with Gasteiger partial charge in [-0.05, 0) is 17.7 Å². The van der Waals surface area contributed by atoms with Crippen molar-refractivity contribution in [2.75, 3.05) is 20.8 Å². The molecule has 8 heteroatoms. The van der Waals surface area contributed by atoms with Crippen LogP contribution >= 0.6 is 11.3 Å². The van der Waals surface area contributed by atoms with Crippen molar-refractivity contribution in [1.29, 1.82) is 0 Å². The van der Waals surface area contributed by atoms with Crippen LogP contribution in [0.25, 0.3) is 6.08 Å². The van der Waals surface area contributed by atoms with Crippen LogP contribution in [0.2, 0.25) is 0 Å². The van der Waals surface area contributed by atoms with E-state index in [0.29, 0.717) is 33.7 Å². The number of nitrogens with zero attached hydrogens (tertiary/aromatic N) is 2. The number of aromatic carboxylic acids is 1. The number of rotatable bonds is 4. The number of hydrogen-bond donors (Lipinski definition) is 1. The summed E-state index contributed by atoms with van der Waals surface area (Å²) in [6.07, 6.45) is 1.55. The summed E-state index contributed by atoms with van der Waals surface area (Å²) in [5, 5.41) is 9.51. The molecule has 0 saturated carbocycles. The molecule has 0 saturated heterocycles. The summed E-state index contributed by atoms with van der Waals surface area (Å²) in [7, 11) is 2.81. The van der Waals surface area contributed by atoms with Gasteiger partial charge in [0.05, 0.1) is 25.3 Å². The average Bonchev–Trinajstić information content (AvgIpc) is 3.10. The van der Waals surface area contributed by atoms with Crippen molar-refractivity contribution in [3.63, 3.8) is 0 Å². The van der Waals surface area contributed by atoms with Gasteiger partial charge in [-0.1, -0.05) is 17.4 Å². The van der Waals surface area contributed by atoms with Crippen LogP contribution in [0.4, 0.5) is 0 Å². The van der Waals surface area contributed by atoms with Crippen LogP contribution in [0.15, 0.2) is 21.9 Å². The molecule has 1 aliphatic heterocycles. The number of hydrogen-bond acceptors (Lipinski definition) is 6. The van der Waals surface area contributed by atoms with E-state index in [9.17, 15) is 14.7 Å². The van der Waals surface area contributed by atoms with Gasteiger partial charge in [-0.15, -0.1) is 0 Å². The molecule has 23 heavy (non-hydrogen) atoms. The Morgan fingerprint density at radius 1 is 1.39 bits per heavy atom. The van der Waals surface area contributed by atoms with Gasteiger partial charge in [0.15, 0.2) is 16.3 Å². The first-order chi connectivity index (χ1) is 11.1. The van der Waals surface area contributed by atoms with Crippen molar-refractivity contribution >= 4 is 23.4 Å². The molecule has 0 amide bonds. The number of ether oxygens (including phenoxy) is 2. The lowest BCUT2D eigenvalue weighted by Crippen LogP contribution is -2.29. The fourth-order valence-electron chi connectivity index (χ4n) is 2.49. The molecule has 0 spiro atoms. The Hall–Kier alpha value is -2.61. The first kappa shape index (κ1) is 15.3. The highest BCUT2D eigenvalue weighted by atomic mass is 32.1. The molecule has 1 N–H and O–H groups in total. The Kier molecular flexibility index (Phi) is 3.91. The number of fused-ring (bicyclic) bond motifs is 1. The number of carboxylic acid groups (broad SMARTS) is 1. The van der Waals surface area contributed by atoms with Crippen LogP contribution in [-0.2, 0) is 6.54 Å². The van der Waals surface area contributed by atoms with Crippen molar-refractivity contribution < 1.29 is 19.4 Å². The van der Waals surface area contributed by atoms with Gasteiger partial charge in [0.2, 0.25) is 0 Å². The second-order valence-electron chi connectivity index (χ2n) is 4.80. The lowest BCUT2D eigenvalue weighted by atomic mass is 10.1. The summed E-state index contributed by atoms with van der Waals surface area (Å²) in [6, 6.07) is 3.21. The van der Waals surface area contributed by atoms with E-state index < -0.39 is 5.97 Å². The third-order valence-corrected chi connectivity index (χ3v) is 4.58. The van der Waals surface area contributed by atoms with E-state index in [4.69, 9.17) is 9.47 Å². The SMILES string of the molecule is COc1ccc(C=c2sc3n(c2=O)CCN=3)c(C(=O)O)c1OC. The maximum Gasteiger partial charge on any atom is 0.340 e. The van der Waals surface area contributed by atoms with Crippen LogP contribution in [0, 0.1) is 0 Å². The topological polar surface area (TPSA) is 90.1 Å². The summed E-state index contributed by atoms with van der Waals surface area (Å²) < 4.78 is 12.3. The normalized spacial score (nSPS) is 13.6. The molecule has 1 aromatic carbocycles. The Labute approximate surface area is 134 Å². The van der Waals surface area contributed by atoms with Gasteiger partial charge in [-0.25, -0.2) is 4.79 Å².